The molecule has 2 aromatic heterocycles. The van der Waals surface area contributed by atoms with Gasteiger partial charge in [-0.25, -0.2) is 4.98 Å². The van der Waals surface area contributed by atoms with E-state index in [1.165, 1.54) is 0 Å². The van der Waals surface area contributed by atoms with E-state index in [0.29, 0.717) is 17.3 Å². The van der Waals surface area contributed by atoms with Crippen LogP contribution in [0, 0.1) is 0 Å². The van der Waals surface area contributed by atoms with E-state index in [1.807, 2.05) is 32.0 Å². The molecule has 2 heterocycles. The fraction of sp³-hybridized carbons (Fsp3) is 0.267. The summed E-state index contributed by atoms with van der Waals surface area (Å²) in [6, 6.07) is 8.92. The SMILES string of the molecule is CC(C)c1cc(C(=O)NCc2ccccn2)cc(Cl)n1. The van der Waals surface area contributed by atoms with Gasteiger partial charge in [0.2, 0.25) is 0 Å². The fourth-order valence-electron chi connectivity index (χ4n) is 1.72. The van der Waals surface area contributed by atoms with Gasteiger partial charge in [0.05, 0.1) is 12.2 Å². The average molecular weight is 290 g/mol. The van der Waals surface area contributed by atoms with Gasteiger partial charge in [-0.15, -0.1) is 0 Å². The highest BCUT2D eigenvalue weighted by Crippen LogP contribution is 2.17. The third-order valence-corrected chi connectivity index (χ3v) is 3.02. The van der Waals surface area contributed by atoms with E-state index in [4.69, 9.17) is 11.6 Å². The molecule has 0 bridgehead atoms. The Bertz CT molecular complexity index is 599. The lowest BCUT2D eigenvalue weighted by molar-refractivity contribution is 0.0950. The molecule has 0 saturated carbocycles. The lowest BCUT2D eigenvalue weighted by Gasteiger charge is -2.09. The van der Waals surface area contributed by atoms with E-state index in [0.717, 1.165) is 11.4 Å². The van der Waals surface area contributed by atoms with Gasteiger partial charge in [0, 0.05) is 17.5 Å². The van der Waals surface area contributed by atoms with Gasteiger partial charge in [-0.3, -0.25) is 9.78 Å². The monoisotopic (exact) mass is 289 g/mol. The van der Waals surface area contributed by atoms with Crippen molar-refractivity contribution in [2.75, 3.05) is 0 Å². The molecule has 1 amide bonds. The summed E-state index contributed by atoms with van der Waals surface area (Å²) in [5.41, 5.74) is 2.13. The first-order valence-corrected chi connectivity index (χ1v) is 6.79. The summed E-state index contributed by atoms with van der Waals surface area (Å²) in [5, 5.41) is 3.15. The van der Waals surface area contributed by atoms with Crippen molar-refractivity contribution in [3.63, 3.8) is 0 Å². The Balaban J connectivity index is 2.09. The molecule has 20 heavy (non-hydrogen) atoms. The predicted molar refractivity (Wildman–Crippen MR) is 78.7 cm³/mol. The molecule has 0 aromatic carbocycles. The van der Waals surface area contributed by atoms with Gasteiger partial charge in [0.15, 0.2) is 0 Å². The minimum atomic E-state index is -0.179. The predicted octanol–water partition coefficient (Wildman–Crippen LogP) is 3.18. The van der Waals surface area contributed by atoms with Crippen LogP contribution in [0.3, 0.4) is 0 Å². The first-order chi connectivity index (χ1) is 9.56. The molecule has 1 N–H and O–H groups in total. The molecule has 2 aromatic rings. The van der Waals surface area contributed by atoms with Crippen LogP contribution < -0.4 is 5.32 Å². The maximum atomic E-state index is 12.1. The van der Waals surface area contributed by atoms with Gasteiger partial charge >= 0.3 is 0 Å². The van der Waals surface area contributed by atoms with Crippen LogP contribution in [0.4, 0.5) is 0 Å². The van der Waals surface area contributed by atoms with Crippen LogP contribution in [-0.4, -0.2) is 15.9 Å². The van der Waals surface area contributed by atoms with Crippen LogP contribution in [0.1, 0.15) is 41.5 Å². The van der Waals surface area contributed by atoms with Gasteiger partial charge in [-0.1, -0.05) is 31.5 Å². The number of rotatable bonds is 4. The molecule has 0 aliphatic heterocycles. The summed E-state index contributed by atoms with van der Waals surface area (Å²) >= 11 is 5.95. The van der Waals surface area contributed by atoms with E-state index in [1.54, 1.807) is 18.3 Å². The minimum absolute atomic E-state index is 0.179. The summed E-state index contributed by atoms with van der Waals surface area (Å²) < 4.78 is 0. The van der Waals surface area contributed by atoms with Gasteiger partial charge in [-0.05, 0) is 30.2 Å². The lowest BCUT2D eigenvalue weighted by Crippen LogP contribution is -2.23. The fourth-order valence-corrected chi connectivity index (χ4v) is 1.93. The second-order valence-electron chi connectivity index (χ2n) is 4.76. The number of aromatic nitrogens is 2. The second-order valence-corrected chi connectivity index (χ2v) is 5.15. The Morgan fingerprint density at radius 2 is 2.15 bits per heavy atom. The molecule has 0 fully saturated rings. The standard InChI is InChI=1S/C15H16ClN3O/c1-10(2)13-7-11(8-14(16)19-13)15(20)18-9-12-5-3-4-6-17-12/h3-8,10H,9H2,1-2H3,(H,18,20). The second kappa shape index (κ2) is 6.48. The number of amides is 1. The number of pyridine rings is 2. The van der Waals surface area contributed by atoms with E-state index >= 15 is 0 Å². The highest BCUT2D eigenvalue weighted by molar-refractivity contribution is 6.29. The normalized spacial score (nSPS) is 10.6. The lowest BCUT2D eigenvalue weighted by atomic mass is 10.1. The number of carbonyl (C=O) groups is 1. The number of halogens is 1. The van der Waals surface area contributed by atoms with Crippen molar-refractivity contribution in [2.45, 2.75) is 26.3 Å². The highest BCUT2D eigenvalue weighted by atomic mass is 35.5. The molecular weight excluding hydrogens is 274 g/mol. The molecule has 104 valence electrons. The molecule has 2 rings (SSSR count). The number of nitrogens with one attached hydrogen (secondary N) is 1. The zero-order valence-electron chi connectivity index (χ0n) is 11.4. The van der Waals surface area contributed by atoms with Crippen molar-refractivity contribution >= 4 is 17.5 Å². The van der Waals surface area contributed by atoms with E-state index in [2.05, 4.69) is 15.3 Å². The van der Waals surface area contributed by atoms with Gasteiger partial charge in [0.1, 0.15) is 5.15 Å². The smallest absolute Gasteiger partial charge is 0.251 e. The molecular formula is C15H16ClN3O. The van der Waals surface area contributed by atoms with Crippen molar-refractivity contribution in [1.29, 1.82) is 0 Å². The minimum Gasteiger partial charge on any atom is -0.346 e. The van der Waals surface area contributed by atoms with Crippen molar-refractivity contribution in [3.05, 3.63) is 58.6 Å². The van der Waals surface area contributed by atoms with Crippen LogP contribution in [0.2, 0.25) is 5.15 Å². The largest absolute Gasteiger partial charge is 0.346 e. The van der Waals surface area contributed by atoms with Crippen LogP contribution >= 0.6 is 11.6 Å². The highest BCUT2D eigenvalue weighted by Gasteiger charge is 2.11. The van der Waals surface area contributed by atoms with E-state index in [9.17, 15) is 4.79 Å². The third-order valence-electron chi connectivity index (χ3n) is 2.82. The Labute approximate surface area is 123 Å². The molecule has 4 nitrogen and oxygen atoms in total. The quantitative estimate of drug-likeness (QED) is 0.880. The Kier molecular flexibility index (Phi) is 4.69. The van der Waals surface area contributed by atoms with Crippen molar-refractivity contribution < 1.29 is 4.79 Å². The zero-order chi connectivity index (χ0) is 14.5. The zero-order valence-corrected chi connectivity index (χ0v) is 12.2. The summed E-state index contributed by atoms with van der Waals surface area (Å²) in [4.78, 5) is 20.5. The summed E-state index contributed by atoms with van der Waals surface area (Å²) in [6.07, 6.45) is 1.70. The van der Waals surface area contributed by atoms with Crippen LogP contribution in [0.5, 0.6) is 0 Å². The van der Waals surface area contributed by atoms with Gasteiger partial charge < -0.3 is 5.32 Å². The Hall–Kier alpha value is -1.94. The van der Waals surface area contributed by atoms with Gasteiger partial charge in [-0.2, -0.15) is 0 Å². The number of hydrogen-bond acceptors (Lipinski definition) is 3. The van der Waals surface area contributed by atoms with Crippen molar-refractivity contribution in [2.24, 2.45) is 0 Å². The summed E-state index contributed by atoms with van der Waals surface area (Å²) in [6.45, 7) is 4.40. The first kappa shape index (κ1) is 14.5. The third kappa shape index (κ3) is 3.78. The van der Waals surface area contributed by atoms with Crippen molar-refractivity contribution in [1.82, 2.24) is 15.3 Å². The summed E-state index contributed by atoms with van der Waals surface area (Å²) in [5.74, 6) is 0.0397. The molecule has 0 saturated heterocycles. The Morgan fingerprint density at radius 1 is 1.35 bits per heavy atom. The van der Waals surface area contributed by atoms with Crippen LogP contribution in [-0.2, 0) is 6.54 Å². The van der Waals surface area contributed by atoms with E-state index in [-0.39, 0.29) is 11.8 Å². The number of carbonyl (C=O) groups excluding carboxylic acids is 1. The molecule has 0 atom stereocenters. The summed E-state index contributed by atoms with van der Waals surface area (Å²) in [7, 11) is 0. The molecule has 0 aliphatic carbocycles. The van der Waals surface area contributed by atoms with Crippen LogP contribution in [0.25, 0.3) is 0 Å². The number of hydrogen-bond donors (Lipinski definition) is 1. The molecule has 0 unspecified atom stereocenters. The molecule has 0 aliphatic rings. The number of nitrogens with zero attached hydrogens (tertiary/aromatic N) is 2. The first-order valence-electron chi connectivity index (χ1n) is 6.42. The maximum Gasteiger partial charge on any atom is 0.251 e. The van der Waals surface area contributed by atoms with Crippen LogP contribution in [0.15, 0.2) is 36.5 Å². The Morgan fingerprint density at radius 3 is 2.80 bits per heavy atom. The average Bonchev–Trinajstić information content (AvgIpc) is 2.45. The van der Waals surface area contributed by atoms with E-state index < -0.39 is 0 Å². The molecule has 5 heteroatoms. The topological polar surface area (TPSA) is 54.9 Å². The van der Waals surface area contributed by atoms with Crippen molar-refractivity contribution in [3.8, 4) is 0 Å². The molecule has 0 radical (unpaired) electrons. The molecule has 0 spiro atoms. The van der Waals surface area contributed by atoms with Gasteiger partial charge in [0.25, 0.3) is 5.91 Å². The maximum absolute atomic E-state index is 12.1.